The summed E-state index contributed by atoms with van der Waals surface area (Å²) in [7, 11) is -3.38. The molecule has 0 aliphatic carbocycles. The molecule has 0 N–H and O–H groups in total. The van der Waals surface area contributed by atoms with Gasteiger partial charge in [-0.3, -0.25) is 4.90 Å². The van der Waals surface area contributed by atoms with Gasteiger partial charge in [-0.05, 0) is 31.0 Å². The van der Waals surface area contributed by atoms with Crippen molar-refractivity contribution in [3.05, 3.63) is 65.7 Å². The third-order valence-corrected chi connectivity index (χ3v) is 7.09. The van der Waals surface area contributed by atoms with E-state index in [0.29, 0.717) is 17.5 Å². The lowest BCUT2D eigenvalue weighted by atomic mass is 10.2. The summed E-state index contributed by atoms with van der Waals surface area (Å²) in [6, 6.07) is 18.0. The first-order chi connectivity index (χ1) is 11.5. The van der Waals surface area contributed by atoms with Crippen molar-refractivity contribution in [1.82, 2.24) is 9.21 Å². The zero-order valence-electron chi connectivity index (χ0n) is 13.8. The van der Waals surface area contributed by atoms with Crippen LogP contribution in [-0.2, 0) is 16.6 Å². The predicted octanol–water partition coefficient (Wildman–Crippen LogP) is 2.64. The molecule has 4 nitrogen and oxygen atoms in total. The highest BCUT2D eigenvalue weighted by atomic mass is 32.2. The molecule has 2 aromatic rings. The minimum atomic E-state index is -3.38. The fraction of sp³-hybridized carbons (Fsp3) is 0.368. The third kappa shape index (κ3) is 2.77. The van der Waals surface area contributed by atoms with Gasteiger partial charge in [0, 0.05) is 31.7 Å². The number of fused-ring (bicyclic) bond motifs is 2. The number of sulfonamides is 1. The molecular weight excluding hydrogens is 320 g/mol. The molecule has 2 aliphatic heterocycles. The average Bonchev–Trinajstić information content (AvgIpc) is 3.17. The first-order valence-corrected chi connectivity index (χ1v) is 9.84. The predicted molar refractivity (Wildman–Crippen MR) is 94.1 cm³/mol. The van der Waals surface area contributed by atoms with Gasteiger partial charge in [-0.1, -0.05) is 48.0 Å². The van der Waals surface area contributed by atoms with Crippen LogP contribution in [0.4, 0.5) is 0 Å². The van der Waals surface area contributed by atoms with Gasteiger partial charge in [0.1, 0.15) is 0 Å². The third-order valence-electron chi connectivity index (χ3n) is 5.16. The fourth-order valence-electron chi connectivity index (χ4n) is 3.86. The molecule has 0 unspecified atom stereocenters. The Labute approximate surface area is 143 Å². The average molecular weight is 342 g/mol. The van der Waals surface area contributed by atoms with Gasteiger partial charge in [-0.2, -0.15) is 4.31 Å². The van der Waals surface area contributed by atoms with Crippen LogP contribution in [0.15, 0.2) is 59.5 Å². The van der Waals surface area contributed by atoms with Crippen molar-refractivity contribution in [2.75, 3.05) is 13.1 Å². The molecule has 2 fully saturated rings. The summed E-state index contributed by atoms with van der Waals surface area (Å²) in [5.74, 6) is 0. The number of aryl methyl sites for hydroxylation is 1. The molecule has 2 bridgehead atoms. The summed E-state index contributed by atoms with van der Waals surface area (Å²) < 4.78 is 27.5. The summed E-state index contributed by atoms with van der Waals surface area (Å²) in [5, 5.41) is 0. The molecule has 0 aromatic heterocycles. The van der Waals surface area contributed by atoms with Gasteiger partial charge in [-0.15, -0.1) is 0 Å². The standard InChI is InChI=1S/C19H22N2O2S/c1-15-7-9-19(10-8-15)24(22,23)21-14-17-11-18(21)13-20(17)12-16-5-3-2-4-6-16/h2-10,17-18H,11-14H2,1H3/t17-,18+/m0/s1. The van der Waals surface area contributed by atoms with Crippen molar-refractivity contribution in [2.45, 2.75) is 36.9 Å². The van der Waals surface area contributed by atoms with Crippen molar-refractivity contribution in [3.8, 4) is 0 Å². The largest absolute Gasteiger partial charge is 0.293 e. The van der Waals surface area contributed by atoms with E-state index in [2.05, 4.69) is 29.2 Å². The number of piperazine rings is 1. The molecule has 0 amide bonds. The zero-order chi connectivity index (χ0) is 16.7. The summed E-state index contributed by atoms with van der Waals surface area (Å²) in [5.41, 5.74) is 2.36. The molecule has 0 saturated carbocycles. The highest BCUT2D eigenvalue weighted by molar-refractivity contribution is 7.89. The summed E-state index contributed by atoms with van der Waals surface area (Å²) >= 11 is 0. The maximum atomic E-state index is 12.9. The number of benzene rings is 2. The van der Waals surface area contributed by atoms with Gasteiger partial charge in [-0.25, -0.2) is 8.42 Å². The van der Waals surface area contributed by atoms with Gasteiger partial charge in [0.25, 0.3) is 0 Å². The van der Waals surface area contributed by atoms with Crippen LogP contribution in [-0.4, -0.2) is 42.8 Å². The van der Waals surface area contributed by atoms with E-state index in [0.717, 1.165) is 25.1 Å². The maximum absolute atomic E-state index is 12.9. The van der Waals surface area contributed by atoms with Crippen LogP contribution < -0.4 is 0 Å². The minimum Gasteiger partial charge on any atom is -0.293 e. The second-order valence-corrected chi connectivity index (χ2v) is 8.74. The Morgan fingerprint density at radius 1 is 0.958 bits per heavy atom. The molecule has 2 aromatic carbocycles. The second kappa shape index (κ2) is 5.99. The summed E-state index contributed by atoms with van der Waals surface area (Å²) in [6.45, 7) is 4.30. The Bertz CT molecular complexity index is 818. The molecule has 2 heterocycles. The van der Waals surface area contributed by atoms with Crippen LogP contribution in [0.3, 0.4) is 0 Å². The van der Waals surface area contributed by atoms with Crippen LogP contribution in [0.1, 0.15) is 17.5 Å². The number of likely N-dealkylation sites (tertiary alicyclic amines) is 1. The minimum absolute atomic E-state index is 0.102. The molecular formula is C19H22N2O2S. The Kier molecular flexibility index (Phi) is 3.95. The van der Waals surface area contributed by atoms with Crippen LogP contribution in [0.2, 0.25) is 0 Å². The number of rotatable bonds is 4. The monoisotopic (exact) mass is 342 g/mol. The van der Waals surface area contributed by atoms with Crippen LogP contribution in [0, 0.1) is 6.92 Å². The van der Waals surface area contributed by atoms with Gasteiger partial charge >= 0.3 is 0 Å². The van der Waals surface area contributed by atoms with Gasteiger partial charge in [0.2, 0.25) is 10.0 Å². The molecule has 2 aliphatic rings. The van der Waals surface area contributed by atoms with E-state index in [4.69, 9.17) is 0 Å². The number of hydrogen-bond acceptors (Lipinski definition) is 3. The van der Waals surface area contributed by atoms with E-state index in [1.54, 1.807) is 16.4 Å². The van der Waals surface area contributed by atoms with E-state index in [1.807, 2.05) is 25.1 Å². The quantitative estimate of drug-likeness (QED) is 0.858. The van der Waals surface area contributed by atoms with Gasteiger partial charge in [0.15, 0.2) is 0 Å². The molecule has 24 heavy (non-hydrogen) atoms. The first kappa shape index (κ1) is 15.8. The van der Waals surface area contributed by atoms with E-state index >= 15 is 0 Å². The molecule has 126 valence electrons. The highest BCUT2D eigenvalue weighted by Gasteiger charge is 2.48. The Balaban J connectivity index is 1.49. The first-order valence-electron chi connectivity index (χ1n) is 8.40. The summed E-state index contributed by atoms with van der Waals surface area (Å²) in [4.78, 5) is 2.83. The molecule has 2 atom stereocenters. The Morgan fingerprint density at radius 3 is 2.29 bits per heavy atom. The number of hydrogen-bond donors (Lipinski definition) is 0. The fourth-order valence-corrected chi connectivity index (χ4v) is 5.53. The van der Waals surface area contributed by atoms with Crippen molar-refractivity contribution in [3.63, 3.8) is 0 Å². The van der Waals surface area contributed by atoms with Crippen LogP contribution >= 0.6 is 0 Å². The zero-order valence-corrected chi connectivity index (χ0v) is 14.6. The normalized spacial score (nSPS) is 24.5. The lowest BCUT2D eigenvalue weighted by Crippen LogP contribution is -2.48. The topological polar surface area (TPSA) is 40.6 Å². The smallest absolute Gasteiger partial charge is 0.243 e. The van der Waals surface area contributed by atoms with Crippen LogP contribution in [0.5, 0.6) is 0 Å². The maximum Gasteiger partial charge on any atom is 0.243 e. The highest BCUT2D eigenvalue weighted by Crippen LogP contribution is 2.35. The Hall–Kier alpha value is -1.69. The van der Waals surface area contributed by atoms with Gasteiger partial charge < -0.3 is 0 Å². The van der Waals surface area contributed by atoms with Gasteiger partial charge in [0.05, 0.1) is 4.90 Å². The van der Waals surface area contributed by atoms with Crippen molar-refractivity contribution in [2.24, 2.45) is 0 Å². The second-order valence-electron chi connectivity index (χ2n) is 6.85. The molecule has 4 rings (SSSR count). The lowest BCUT2D eigenvalue weighted by Gasteiger charge is -2.33. The van der Waals surface area contributed by atoms with Crippen molar-refractivity contribution < 1.29 is 8.42 Å². The van der Waals surface area contributed by atoms with E-state index < -0.39 is 10.0 Å². The van der Waals surface area contributed by atoms with E-state index in [1.165, 1.54) is 5.56 Å². The van der Waals surface area contributed by atoms with Crippen molar-refractivity contribution >= 4 is 10.0 Å². The van der Waals surface area contributed by atoms with E-state index in [-0.39, 0.29) is 6.04 Å². The van der Waals surface area contributed by atoms with E-state index in [9.17, 15) is 8.42 Å². The molecule has 0 spiro atoms. The molecule has 0 radical (unpaired) electrons. The summed E-state index contributed by atoms with van der Waals surface area (Å²) in [6.07, 6.45) is 0.942. The van der Waals surface area contributed by atoms with Crippen molar-refractivity contribution in [1.29, 1.82) is 0 Å². The number of nitrogens with zero attached hydrogens (tertiary/aromatic N) is 2. The molecule has 2 saturated heterocycles. The van der Waals surface area contributed by atoms with Crippen LogP contribution in [0.25, 0.3) is 0 Å². The lowest BCUT2D eigenvalue weighted by molar-refractivity contribution is 0.174. The Morgan fingerprint density at radius 2 is 1.67 bits per heavy atom. The SMILES string of the molecule is Cc1ccc(S(=O)(=O)N2C[C@@H]3C[C@@H]2CN3Cc2ccccc2)cc1. The molecule has 5 heteroatoms.